The van der Waals surface area contributed by atoms with E-state index in [-0.39, 0.29) is 83.1 Å². The number of thioether (sulfide) groups is 1. The normalized spacial score (nSPS) is 21.7. The number of fused-ring (bicyclic) bond motifs is 2. The average Bonchev–Trinajstić information content (AvgIpc) is 1.04. The molecule has 40 nitrogen and oxygen atoms in total. The Hall–Kier alpha value is -12.3. The average molecular weight is 1850 g/mol. The Morgan fingerprint density at radius 3 is 1.82 bits per heavy atom. The molecule has 5 aromatic rings. The highest BCUT2D eigenvalue weighted by Crippen LogP contribution is 2.38. The van der Waals surface area contributed by atoms with Gasteiger partial charge in [-0.3, -0.25) is 81.5 Å². The van der Waals surface area contributed by atoms with Crippen molar-refractivity contribution in [2.45, 2.75) is 259 Å². The number of hydrogen-bond acceptors (Lipinski definition) is 23. The van der Waals surface area contributed by atoms with E-state index in [2.05, 4.69) is 74.1 Å². The topological polar surface area (TPSA) is 657 Å². The monoisotopic (exact) mass is 1850 g/mol. The minimum atomic E-state index is -1.96. The zero-order valence-electron chi connectivity index (χ0n) is 74.6. The van der Waals surface area contributed by atoms with E-state index in [4.69, 9.17) is 43.9 Å². The molecule has 718 valence electrons. The lowest BCUT2D eigenvalue weighted by Gasteiger charge is -2.38. The number of H-pyrrole nitrogens is 1. The van der Waals surface area contributed by atoms with Crippen molar-refractivity contribution >= 4 is 134 Å². The van der Waals surface area contributed by atoms with Gasteiger partial charge in [0.05, 0.1) is 18.9 Å². The van der Waals surface area contributed by atoms with Crippen molar-refractivity contribution in [3.8, 4) is 5.75 Å². The molecule has 14 atom stereocenters. The predicted octanol–water partition coefficient (Wildman–Crippen LogP) is -1.72. The number of aliphatic hydroxyl groups excluding tert-OH is 1. The third-order valence-electron chi connectivity index (χ3n) is 24.4. The predicted molar refractivity (Wildman–Crippen MR) is 488 cm³/mol. The number of para-hydroxylation sites is 1. The standard InChI is InChI=1S/C91H128N20O20S/c1-51(112)78-89(128)107-71(46-59-49-99-63-21-10-9-20-62(59)63)85(124)102-65(29-31-74(93)114)81(120)108-73(50-132-41-33-67(100-52(2)113)82(121)101-66(83(122)110-78)30-32-75(94)115)87(126)104-69(43-53-24-27-61(28-25-53)131-40-36-92)84(123)105-70(44-54-23-26-56-16-7-8-17-57(56)42-54)88(127)111-91(34-38-130-39-35-91)90(129)109-64(80(119)106-72(48-77(96)117)86(125)103-68(79(97)118)47-76(95)116)22-11-12-37-98-60-19-13-18-58(45-60)55-14-5-3-4-6-15-55/h7-10,16-17,20-21,23-28,42,49,51,55,58,60,64-73,78,98-99,112H,3-6,11-15,18-19,22,29-41,43-48,50,92H2,1-2H3,(H2,93,114)(H2,94,115)(H2,95,116)(H2,96,117)(H2,97,118)(H,100,113)(H,101,121)(H,102,124)(H,103,125)(H,104,126)(H,105,123)(H,106,119)(H,107,128)(H,108,120)(H,109,129)(H,110,122)(H,111,127). The molecular weight excluding hydrogens is 1730 g/mol. The third-order valence-corrected chi connectivity index (χ3v) is 25.4. The maximum absolute atomic E-state index is 16.0. The number of aromatic nitrogens is 1. The molecule has 17 amide bonds. The Labute approximate surface area is 769 Å². The lowest BCUT2D eigenvalue weighted by atomic mass is 9.75. The van der Waals surface area contributed by atoms with Gasteiger partial charge >= 0.3 is 0 Å². The summed E-state index contributed by atoms with van der Waals surface area (Å²) in [5, 5.41) is 48.5. The number of ether oxygens (including phenoxy) is 2. The molecule has 14 unspecified atom stereocenters. The zero-order valence-corrected chi connectivity index (χ0v) is 75.4. The number of hydrogen-bond donors (Lipinski definition) is 21. The fourth-order valence-corrected chi connectivity index (χ4v) is 18.2. The Morgan fingerprint density at radius 2 is 1.16 bits per heavy atom. The lowest BCUT2D eigenvalue weighted by molar-refractivity contribution is -0.141. The molecule has 0 radical (unpaired) electrons. The number of rotatable bonds is 41. The van der Waals surface area contributed by atoms with Gasteiger partial charge in [0, 0.05) is 101 Å². The second-order valence-corrected chi connectivity index (χ2v) is 35.7. The number of aromatic amines is 1. The highest BCUT2D eigenvalue weighted by molar-refractivity contribution is 7.99. The molecule has 4 aromatic carbocycles. The summed E-state index contributed by atoms with van der Waals surface area (Å²) >= 11 is 0.939. The second kappa shape index (κ2) is 51.5. The van der Waals surface area contributed by atoms with Gasteiger partial charge in [-0.05, 0) is 128 Å². The largest absolute Gasteiger partial charge is 0.492 e. The summed E-state index contributed by atoms with van der Waals surface area (Å²) in [4.78, 5) is 244. The second-order valence-electron chi connectivity index (χ2n) is 34.6. The number of primary amides is 5. The first-order valence-electron chi connectivity index (χ1n) is 45.2. The van der Waals surface area contributed by atoms with Crippen LogP contribution in [0.3, 0.4) is 0 Å². The first-order chi connectivity index (χ1) is 63.1. The Kier molecular flexibility index (Phi) is 40.3. The Morgan fingerprint density at radius 1 is 0.576 bits per heavy atom. The minimum absolute atomic E-state index is 0.0816. The van der Waals surface area contributed by atoms with Crippen LogP contribution in [0, 0.1) is 11.8 Å². The number of nitrogens with one attached hydrogen (secondary N) is 14. The molecular formula is C91H128N20O20S. The van der Waals surface area contributed by atoms with E-state index < -0.39 is 223 Å². The first kappa shape index (κ1) is 103. The summed E-state index contributed by atoms with van der Waals surface area (Å²) in [5.41, 5.74) is 33.5. The number of amides is 17. The van der Waals surface area contributed by atoms with Crippen molar-refractivity contribution in [3.05, 3.63) is 114 Å². The van der Waals surface area contributed by atoms with Crippen LogP contribution < -0.4 is 108 Å². The maximum Gasteiger partial charge on any atom is 0.246 e. The van der Waals surface area contributed by atoms with Crippen LogP contribution >= 0.6 is 11.8 Å². The van der Waals surface area contributed by atoms with Gasteiger partial charge in [-0.1, -0.05) is 124 Å². The highest BCUT2D eigenvalue weighted by Gasteiger charge is 2.46. The zero-order chi connectivity index (χ0) is 95.6. The van der Waals surface area contributed by atoms with Crippen LogP contribution in [0.2, 0.25) is 0 Å². The van der Waals surface area contributed by atoms with Crippen molar-refractivity contribution in [1.82, 2.24) is 74.1 Å². The van der Waals surface area contributed by atoms with Gasteiger partial charge in [0.25, 0.3) is 0 Å². The quantitative estimate of drug-likeness (QED) is 0.0153. The molecule has 27 N–H and O–H groups in total. The number of carbonyl (C=O) groups excluding carboxylic acids is 17. The molecule has 4 aliphatic rings. The van der Waals surface area contributed by atoms with E-state index in [1.54, 1.807) is 79.0 Å². The first-order valence-corrected chi connectivity index (χ1v) is 46.4. The molecule has 132 heavy (non-hydrogen) atoms. The number of carbonyl (C=O) groups is 17. The van der Waals surface area contributed by atoms with Gasteiger partial charge in [-0.15, -0.1) is 0 Å². The van der Waals surface area contributed by atoms with Crippen molar-refractivity contribution in [1.29, 1.82) is 0 Å². The molecule has 2 aliphatic carbocycles. The molecule has 0 bridgehead atoms. The van der Waals surface area contributed by atoms with Crippen LogP contribution in [0.5, 0.6) is 5.75 Å². The van der Waals surface area contributed by atoms with Crippen LogP contribution in [0.25, 0.3) is 21.7 Å². The molecule has 41 heteroatoms. The summed E-state index contributed by atoms with van der Waals surface area (Å²) < 4.78 is 11.6. The van der Waals surface area contributed by atoms with Crippen LogP contribution in [-0.4, -0.2) is 239 Å². The molecule has 3 heterocycles. The van der Waals surface area contributed by atoms with Crippen molar-refractivity contribution < 1.29 is 96.1 Å². The molecule has 9 rings (SSSR count). The van der Waals surface area contributed by atoms with E-state index in [1.165, 1.54) is 44.9 Å². The SMILES string of the molecule is CC(=O)NC1CCSCC(C(=O)NC(Cc2ccc(OCCN)cc2)C(=O)NC(Cc2ccc3ccccc3c2)C(=O)NC2(C(=O)NC(CCCCNC3CCCC(C4CCCCCC4)C3)C(=O)NC(CC(N)=O)C(=O)NC(CC(N)=O)C(N)=O)CCOCC2)NC(=O)C(CCC(N)=O)NC(=O)C(Cc2c[nH]c3ccccc23)NC(=O)C(C(C)O)NC(=O)C(CCC(N)=O)NC1=O. The van der Waals surface area contributed by atoms with Crippen molar-refractivity contribution in [2.24, 2.45) is 46.2 Å². The van der Waals surface area contributed by atoms with Crippen molar-refractivity contribution in [2.75, 3.05) is 44.4 Å². The number of unbranched alkanes of at least 4 members (excludes halogenated alkanes) is 1. The van der Waals surface area contributed by atoms with Crippen LogP contribution in [0.4, 0.5) is 0 Å². The van der Waals surface area contributed by atoms with Crippen molar-refractivity contribution in [3.63, 3.8) is 0 Å². The van der Waals surface area contributed by atoms with Crippen LogP contribution in [0.15, 0.2) is 97.2 Å². The van der Waals surface area contributed by atoms with E-state index in [1.807, 2.05) is 18.2 Å². The minimum Gasteiger partial charge on any atom is -0.492 e. The number of aliphatic hydroxyl groups is 1. The highest BCUT2D eigenvalue weighted by atomic mass is 32.2. The third kappa shape index (κ3) is 32.3. The van der Waals surface area contributed by atoms with E-state index >= 15 is 28.8 Å². The molecule has 4 fully saturated rings. The number of benzene rings is 4. The molecule has 1 aromatic heterocycles. The number of nitrogens with two attached hydrogens (primary N) is 6. The van der Waals surface area contributed by atoms with E-state index in [9.17, 15) is 57.8 Å². The molecule has 0 spiro atoms. The van der Waals surface area contributed by atoms with E-state index in [0.29, 0.717) is 64.6 Å². The van der Waals surface area contributed by atoms with Gasteiger partial charge in [-0.2, -0.15) is 11.8 Å². The molecule has 2 saturated carbocycles. The lowest BCUT2D eigenvalue weighted by Crippen LogP contribution is -2.67. The fourth-order valence-electron chi connectivity index (χ4n) is 17.2. The van der Waals surface area contributed by atoms with Gasteiger partial charge in [-0.25, -0.2) is 0 Å². The van der Waals surface area contributed by atoms with Gasteiger partial charge in [0.15, 0.2) is 0 Å². The summed E-state index contributed by atoms with van der Waals surface area (Å²) in [6.45, 7) is 2.81. The van der Waals surface area contributed by atoms with Gasteiger partial charge in [0.2, 0.25) is 100 Å². The summed E-state index contributed by atoms with van der Waals surface area (Å²) in [6.07, 6.45) is 6.90. The summed E-state index contributed by atoms with van der Waals surface area (Å²) in [7, 11) is 0. The van der Waals surface area contributed by atoms with Gasteiger partial charge < -0.3 is 123 Å². The summed E-state index contributed by atoms with van der Waals surface area (Å²) in [5.74, 6) is -16.3. The Balaban J connectivity index is 1.06. The molecule has 2 aliphatic heterocycles. The summed E-state index contributed by atoms with van der Waals surface area (Å²) in [6, 6.07) is 7.51. The van der Waals surface area contributed by atoms with Gasteiger partial charge in [0.1, 0.15) is 84.4 Å². The van der Waals surface area contributed by atoms with Crippen LogP contribution in [-0.2, 0) is 106 Å². The van der Waals surface area contributed by atoms with Crippen LogP contribution in [0.1, 0.15) is 172 Å². The fraction of sp³-hybridized carbons (Fsp3) is 0.549. The smallest absolute Gasteiger partial charge is 0.246 e. The molecule has 2 saturated heterocycles. The maximum atomic E-state index is 16.0. The van der Waals surface area contributed by atoms with E-state index in [0.717, 1.165) is 55.6 Å². The Bertz CT molecular complexity index is 4870.